The predicted octanol–water partition coefficient (Wildman–Crippen LogP) is 3.75. The second kappa shape index (κ2) is 5.88. The third kappa shape index (κ3) is 3.35. The van der Waals surface area contributed by atoms with Crippen LogP contribution in [0.25, 0.3) is 6.08 Å². The van der Waals surface area contributed by atoms with Crippen LogP contribution in [0.3, 0.4) is 0 Å². The maximum Gasteiger partial charge on any atom is 0.289 e. The Morgan fingerprint density at radius 2 is 2.19 bits per heavy atom. The van der Waals surface area contributed by atoms with Gasteiger partial charge >= 0.3 is 0 Å². The topological polar surface area (TPSA) is 54.4 Å². The maximum absolute atomic E-state index is 13.2. The van der Waals surface area contributed by atoms with Crippen molar-refractivity contribution in [1.29, 1.82) is 0 Å². The zero-order valence-electron chi connectivity index (χ0n) is 10.8. The average molecular weight is 299 g/mol. The smallest absolute Gasteiger partial charge is 0.289 e. The molecular weight excluding hydrogens is 289 g/mol. The lowest BCUT2D eigenvalue weighted by molar-refractivity contribution is 0.265. The SMILES string of the molecule is O=C1NC(=Nc2cccc(F)c2)C(=Cc2cccnc2)S1. The number of benzene rings is 1. The van der Waals surface area contributed by atoms with Gasteiger partial charge in [-0.05, 0) is 47.7 Å². The average Bonchev–Trinajstić information content (AvgIpc) is 2.80. The number of carbonyl (C=O) groups is 1. The molecule has 1 fully saturated rings. The molecule has 1 N–H and O–H groups in total. The van der Waals surface area contributed by atoms with Gasteiger partial charge in [0.2, 0.25) is 0 Å². The Balaban J connectivity index is 1.96. The molecule has 0 radical (unpaired) electrons. The van der Waals surface area contributed by atoms with Crippen molar-refractivity contribution < 1.29 is 9.18 Å². The van der Waals surface area contributed by atoms with Crippen molar-refractivity contribution in [3.05, 3.63) is 65.1 Å². The quantitative estimate of drug-likeness (QED) is 0.919. The molecule has 2 aromatic rings. The van der Waals surface area contributed by atoms with Gasteiger partial charge in [0, 0.05) is 12.4 Å². The van der Waals surface area contributed by atoms with E-state index in [1.165, 1.54) is 12.1 Å². The van der Waals surface area contributed by atoms with Crippen molar-refractivity contribution in [2.24, 2.45) is 4.99 Å². The molecule has 3 rings (SSSR count). The van der Waals surface area contributed by atoms with Crippen molar-refractivity contribution in [3.63, 3.8) is 0 Å². The summed E-state index contributed by atoms with van der Waals surface area (Å²) in [5.74, 6) is 0.0473. The molecule has 21 heavy (non-hydrogen) atoms. The summed E-state index contributed by atoms with van der Waals surface area (Å²) < 4.78 is 13.2. The summed E-state index contributed by atoms with van der Waals surface area (Å²) in [4.78, 5) is 20.5. The van der Waals surface area contributed by atoms with E-state index in [9.17, 15) is 9.18 Å². The lowest BCUT2D eigenvalue weighted by Crippen LogP contribution is -2.18. The van der Waals surface area contributed by atoms with Crippen LogP contribution in [0.1, 0.15) is 5.56 Å². The van der Waals surface area contributed by atoms with E-state index in [0.717, 1.165) is 17.3 Å². The van der Waals surface area contributed by atoms with Crippen LogP contribution in [0.4, 0.5) is 14.9 Å². The van der Waals surface area contributed by atoms with Crippen LogP contribution in [-0.4, -0.2) is 16.1 Å². The fraction of sp³-hybridized carbons (Fsp3) is 0. The third-order valence-corrected chi connectivity index (χ3v) is 3.51. The van der Waals surface area contributed by atoms with Gasteiger partial charge in [-0.25, -0.2) is 9.38 Å². The van der Waals surface area contributed by atoms with Crippen molar-refractivity contribution in [3.8, 4) is 0 Å². The van der Waals surface area contributed by atoms with Crippen molar-refractivity contribution in [2.75, 3.05) is 0 Å². The molecule has 0 bridgehead atoms. The van der Waals surface area contributed by atoms with E-state index in [4.69, 9.17) is 0 Å². The fourth-order valence-electron chi connectivity index (χ4n) is 1.80. The molecule has 1 saturated heterocycles. The van der Waals surface area contributed by atoms with Gasteiger partial charge in [-0.3, -0.25) is 9.78 Å². The van der Waals surface area contributed by atoms with Gasteiger partial charge < -0.3 is 5.32 Å². The highest BCUT2D eigenvalue weighted by Crippen LogP contribution is 2.28. The van der Waals surface area contributed by atoms with Crippen LogP contribution in [0.15, 0.2) is 58.7 Å². The highest BCUT2D eigenvalue weighted by molar-refractivity contribution is 8.18. The number of aromatic nitrogens is 1. The number of nitrogens with zero attached hydrogens (tertiary/aromatic N) is 2. The molecule has 0 aliphatic carbocycles. The molecule has 2 heterocycles. The predicted molar refractivity (Wildman–Crippen MR) is 81.8 cm³/mol. The number of hydrogen-bond acceptors (Lipinski definition) is 4. The lowest BCUT2D eigenvalue weighted by Gasteiger charge is -2.00. The maximum atomic E-state index is 13.2. The Hall–Kier alpha value is -2.47. The molecule has 0 spiro atoms. The monoisotopic (exact) mass is 299 g/mol. The number of amides is 1. The Morgan fingerprint density at radius 1 is 1.29 bits per heavy atom. The van der Waals surface area contributed by atoms with E-state index in [0.29, 0.717) is 16.4 Å². The minimum atomic E-state index is -0.369. The van der Waals surface area contributed by atoms with Gasteiger partial charge in [-0.2, -0.15) is 0 Å². The van der Waals surface area contributed by atoms with E-state index < -0.39 is 0 Å². The van der Waals surface area contributed by atoms with Crippen molar-refractivity contribution in [2.45, 2.75) is 0 Å². The Labute approximate surface area is 124 Å². The number of hydrogen-bond donors (Lipinski definition) is 1. The van der Waals surface area contributed by atoms with Gasteiger partial charge in [-0.15, -0.1) is 0 Å². The summed E-state index contributed by atoms with van der Waals surface area (Å²) in [6.45, 7) is 0. The number of thioether (sulfide) groups is 1. The lowest BCUT2D eigenvalue weighted by atomic mass is 10.2. The summed E-state index contributed by atoms with van der Waals surface area (Å²) in [5.41, 5.74) is 1.31. The number of carbonyl (C=O) groups excluding carboxylic acids is 1. The van der Waals surface area contributed by atoms with Gasteiger partial charge in [0.25, 0.3) is 5.24 Å². The van der Waals surface area contributed by atoms with Crippen LogP contribution in [0, 0.1) is 5.82 Å². The molecule has 0 atom stereocenters. The van der Waals surface area contributed by atoms with Crippen molar-refractivity contribution in [1.82, 2.24) is 10.3 Å². The second-order valence-electron chi connectivity index (χ2n) is 4.25. The zero-order valence-corrected chi connectivity index (χ0v) is 11.6. The molecule has 1 aromatic carbocycles. The van der Waals surface area contributed by atoms with Gasteiger partial charge in [0.15, 0.2) is 0 Å². The summed E-state index contributed by atoms with van der Waals surface area (Å²) in [6.07, 6.45) is 5.18. The van der Waals surface area contributed by atoms with Gasteiger partial charge in [0.05, 0.1) is 10.6 Å². The van der Waals surface area contributed by atoms with Crippen LogP contribution in [0.2, 0.25) is 0 Å². The molecule has 1 amide bonds. The molecular formula is C15H10FN3OS. The third-order valence-electron chi connectivity index (χ3n) is 2.69. The first kappa shape index (κ1) is 13.5. The fourth-order valence-corrected chi connectivity index (χ4v) is 2.54. The van der Waals surface area contributed by atoms with E-state index in [1.807, 2.05) is 18.2 Å². The number of rotatable bonds is 2. The molecule has 0 unspecified atom stereocenters. The molecule has 6 heteroatoms. The van der Waals surface area contributed by atoms with Crippen LogP contribution >= 0.6 is 11.8 Å². The molecule has 1 aliphatic rings. The number of nitrogens with one attached hydrogen (secondary N) is 1. The molecule has 104 valence electrons. The largest absolute Gasteiger partial charge is 0.300 e. The van der Waals surface area contributed by atoms with E-state index in [-0.39, 0.29) is 11.1 Å². The Morgan fingerprint density at radius 3 is 2.95 bits per heavy atom. The number of aliphatic imine (C=N–C) groups is 1. The Kier molecular flexibility index (Phi) is 3.79. The molecule has 4 nitrogen and oxygen atoms in total. The van der Waals surface area contributed by atoms with Crippen LogP contribution < -0.4 is 5.32 Å². The highest BCUT2D eigenvalue weighted by Gasteiger charge is 2.23. The molecule has 1 aromatic heterocycles. The molecule has 1 aliphatic heterocycles. The van der Waals surface area contributed by atoms with Gasteiger partial charge in [-0.1, -0.05) is 12.1 Å². The summed E-state index contributed by atoms with van der Waals surface area (Å²) in [7, 11) is 0. The minimum Gasteiger partial charge on any atom is -0.300 e. The number of amidine groups is 1. The highest BCUT2D eigenvalue weighted by atomic mass is 32.2. The first-order valence-electron chi connectivity index (χ1n) is 6.16. The van der Waals surface area contributed by atoms with E-state index >= 15 is 0 Å². The zero-order chi connectivity index (χ0) is 14.7. The van der Waals surface area contributed by atoms with Crippen LogP contribution in [0.5, 0.6) is 0 Å². The Bertz CT molecular complexity index is 744. The van der Waals surface area contributed by atoms with E-state index in [2.05, 4.69) is 15.3 Å². The first-order chi connectivity index (χ1) is 10.2. The minimum absolute atomic E-state index is 0.208. The second-order valence-corrected chi connectivity index (χ2v) is 5.26. The summed E-state index contributed by atoms with van der Waals surface area (Å²) >= 11 is 1.05. The standard InChI is InChI=1S/C15H10FN3OS/c16-11-4-1-5-12(8-11)18-14-13(21-15(20)19-14)7-10-3-2-6-17-9-10/h1-9H,(H,18,19,20). The first-order valence-corrected chi connectivity index (χ1v) is 6.97. The summed E-state index contributed by atoms with van der Waals surface area (Å²) in [6, 6.07) is 9.59. The van der Waals surface area contributed by atoms with E-state index in [1.54, 1.807) is 24.5 Å². The number of halogens is 1. The summed E-state index contributed by atoms with van der Waals surface area (Å²) in [5, 5.41) is 2.45. The normalized spacial score (nSPS) is 18.2. The number of pyridine rings is 1. The van der Waals surface area contributed by atoms with Crippen LogP contribution in [-0.2, 0) is 0 Å². The van der Waals surface area contributed by atoms with Crippen molar-refractivity contribution >= 4 is 34.6 Å². The van der Waals surface area contributed by atoms with Gasteiger partial charge in [0.1, 0.15) is 11.7 Å². The molecule has 0 saturated carbocycles.